The second-order valence-corrected chi connectivity index (χ2v) is 7.71. The van der Waals surface area contributed by atoms with E-state index in [9.17, 15) is 18.0 Å². The van der Waals surface area contributed by atoms with Crippen molar-refractivity contribution >= 4 is 37.8 Å². The summed E-state index contributed by atoms with van der Waals surface area (Å²) < 4.78 is 43.3. The molecule has 0 saturated heterocycles. The molecule has 1 N–H and O–H groups in total. The highest BCUT2D eigenvalue weighted by atomic mass is 79.9. The standard InChI is InChI=1S/C18H11Br2F3N6O2/c1-9(15-27-17(20)28-29(15)14-3-2-10(7-24)8-25-14)26-16(30)11-4-12(19)6-13(5-11)31-18(21,22)23/h2-6,8-9H,1H3,(H,26,30). The number of nitrogens with one attached hydrogen (secondary N) is 1. The molecule has 0 spiro atoms. The lowest BCUT2D eigenvalue weighted by Crippen LogP contribution is -2.29. The van der Waals surface area contributed by atoms with Crippen LogP contribution in [0.15, 0.2) is 45.7 Å². The summed E-state index contributed by atoms with van der Waals surface area (Å²) in [6.07, 6.45) is -3.53. The third-order valence-electron chi connectivity index (χ3n) is 3.80. The second-order valence-electron chi connectivity index (χ2n) is 6.09. The molecule has 1 aromatic carbocycles. The van der Waals surface area contributed by atoms with Crippen LogP contribution in [0.2, 0.25) is 0 Å². The predicted molar refractivity (Wildman–Crippen MR) is 108 cm³/mol. The minimum Gasteiger partial charge on any atom is -0.406 e. The molecular formula is C18H11Br2F3N6O2. The summed E-state index contributed by atoms with van der Waals surface area (Å²) in [5.74, 6) is -0.525. The van der Waals surface area contributed by atoms with E-state index in [-0.39, 0.29) is 14.8 Å². The van der Waals surface area contributed by atoms with Gasteiger partial charge >= 0.3 is 6.36 Å². The maximum atomic E-state index is 12.6. The van der Waals surface area contributed by atoms with E-state index in [4.69, 9.17) is 5.26 Å². The van der Waals surface area contributed by atoms with E-state index in [0.717, 1.165) is 12.1 Å². The number of alkyl halides is 3. The first-order valence-corrected chi connectivity index (χ1v) is 10.0. The van der Waals surface area contributed by atoms with Gasteiger partial charge in [0.2, 0.25) is 4.73 Å². The number of carbonyl (C=O) groups excluding carboxylic acids is 1. The summed E-state index contributed by atoms with van der Waals surface area (Å²) in [6, 6.07) is 7.80. The molecule has 160 valence electrons. The smallest absolute Gasteiger partial charge is 0.406 e. The number of pyridine rings is 1. The Morgan fingerprint density at radius 3 is 2.65 bits per heavy atom. The summed E-state index contributed by atoms with van der Waals surface area (Å²) in [6.45, 7) is 1.62. The molecule has 8 nitrogen and oxygen atoms in total. The number of nitriles is 1. The predicted octanol–water partition coefficient (Wildman–Crippen LogP) is 4.45. The molecule has 0 fully saturated rings. The molecule has 31 heavy (non-hydrogen) atoms. The van der Waals surface area contributed by atoms with Crippen molar-refractivity contribution in [3.8, 4) is 17.6 Å². The fourth-order valence-electron chi connectivity index (χ4n) is 2.56. The van der Waals surface area contributed by atoms with Crippen LogP contribution in [0.4, 0.5) is 13.2 Å². The molecule has 2 heterocycles. The third kappa shape index (κ3) is 5.80. The van der Waals surface area contributed by atoms with E-state index in [0.29, 0.717) is 17.2 Å². The zero-order chi connectivity index (χ0) is 22.8. The van der Waals surface area contributed by atoms with Crippen molar-refractivity contribution in [1.29, 1.82) is 5.26 Å². The Labute approximate surface area is 190 Å². The van der Waals surface area contributed by atoms with Gasteiger partial charge in [-0.05, 0) is 53.2 Å². The topological polar surface area (TPSA) is 106 Å². The van der Waals surface area contributed by atoms with Crippen LogP contribution in [0.25, 0.3) is 5.82 Å². The number of benzene rings is 1. The van der Waals surface area contributed by atoms with Crippen LogP contribution in [0, 0.1) is 11.3 Å². The normalized spacial score (nSPS) is 12.2. The number of ether oxygens (including phenoxy) is 1. The number of carbonyl (C=O) groups is 1. The number of rotatable bonds is 5. The molecule has 2 aromatic heterocycles. The van der Waals surface area contributed by atoms with Gasteiger partial charge in [-0.3, -0.25) is 4.79 Å². The minimum absolute atomic E-state index is 0.0536. The van der Waals surface area contributed by atoms with Gasteiger partial charge in [0.25, 0.3) is 5.91 Å². The Morgan fingerprint density at radius 1 is 1.29 bits per heavy atom. The maximum absolute atomic E-state index is 12.6. The van der Waals surface area contributed by atoms with Crippen LogP contribution < -0.4 is 10.1 Å². The fourth-order valence-corrected chi connectivity index (χ4v) is 3.37. The molecule has 1 amide bonds. The average molecular weight is 560 g/mol. The van der Waals surface area contributed by atoms with Crippen LogP contribution in [-0.2, 0) is 0 Å². The Balaban J connectivity index is 1.84. The van der Waals surface area contributed by atoms with Gasteiger partial charge in [-0.2, -0.15) is 9.94 Å². The van der Waals surface area contributed by atoms with Gasteiger partial charge in [0, 0.05) is 16.2 Å². The van der Waals surface area contributed by atoms with Gasteiger partial charge in [0.15, 0.2) is 11.6 Å². The zero-order valence-electron chi connectivity index (χ0n) is 15.5. The van der Waals surface area contributed by atoms with Crippen LogP contribution in [0.3, 0.4) is 0 Å². The number of halogens is 5. The quantitative estimate of drug-likeness (QED) is 0.495. The zero-order valence-corrected chi connectivity index (χ0v) is 18.7. The summed E-state index contributed by atoms with van der Waals surface area (Å²) in [5, 5.41) is 15.7. The number of hydrogen-bond acceptors (Lipinski definition) is 6. The van der Waals surface area contributed by atoms with Gasteiger partial charge in [-0.1, -0.05) is 15.9 Å². The Morgan fingerprint density at radius 2 is 2.03 bits per heavy atom. The molecule has 1 unspecified atom stereocenters. The van der Waals surface area contributed by atoms with E-state index in [1.54, 1.807) is 19.1 Å². The molecule has 0 aliphatic rings. The van der Waals surface area contributed by atoms with Crippen LogP contribution in [0.5, 0.6) is 5.75 Å². The summed E-state index contributed by atoms with van der Waals surface area (Å²) >= 11 is 6.24. The minimum atomic E-state index is -4.89. The lowest BCUT2D eigenvalue weighted by molar-refractivity contribution is -0.274. The number of aromatic nitrogens is 4. The highest BCUT2D eigenvalue weighted by Gasteiger charge is 2.31. The van der Waals surface area contributed by atoms with Gasteiger partial charge in [-0.15, -0.1) is 18.3 Å². The highest BCUT2D eigenvalue weighted by molar-refractivity contribution is 9.10. The van der Waals surface area contributed by atoms with Crippen LogP contribution in [0.1, 0.15) is 34.7 Å². The Bertz CT molecular complexity index is 1160. The van der Waals surface area contributed by atoms with Crippen molar-refractivity contribution in [2.75, 3.05) is 0 Å². The Kier molecular flexibility index (Phi) is 6.61. The van der Waals surface area contributed by atoms with Crippen molar-refractivity contribution in [3.63, 3.8) is 0 Å². The van der Waals surface area contributed by atoms with Gasteiger partial charge in [0.1, 0.15) is 11.8 Å². The molecule has 3 aromatic rings. The first-order chi connectivity index (χ1) is 14.6. The summed E-state index contributed by atoms with van der Waals surface area (Å²) in [7, 11) is 0. The lowest BCUT2D eigenvalue weighted by atomic mass is 10.2. The molecule has 0 saturated carbocycles. The SMILES string of the molecule is CC(NC(=O)c1cc(Br)cc(OC(F)(F)F)c1)c1nc(Br)nn1-c1ccc(C#N)cn1. The fraction of sp³-hybridized carbons (Fsp3) is 0.167. The number of amides is 1. The molecule has 0 radical (unpaired) electrons. The molecule has 3 rings (SSSR count). The van der Waals surface area contributed by atoms with Gasteiger partial charge in [-0.25, -0.2) is 9.97 Å². The molecule has 0 bridgehead atoms. The van der Waals surface area contributed by atoms with E-state index in [2.05, 4.69) is 57.0 Å². The van der Waals surface area contributed by atoms with Crippen LogP contribution in [-0.4, -0.2) is 32.0 Å². The largest absolute Gasteiger partial charge is 0.573 e. The van der Waals surface area contributed by atoms with E-state index in [1.807, 2.05) is 6.07 Å². The van der Waals surface area contributed by atoms with Gasteiger partial charge in [0.05, 0.1) is 11.6 Å². The van der Waals surface area contributed by atoms with E-state index in [1.165, 1.54) is 16.9 Å². The monoisotopic (exact) mass is 558 g/mol. The summed E-state index contributed by atoms with van der Waals surface area (Å²) in [4.78, 5) is 21.0. The molecule has 13 heteroatoms. The van der Waals surface area contributed by atoms with Crippen molar-refractivity contribution in [2.45, 2.75) is 19.3 Å². The molecule has 0 aliphatic heterocycles. The van der Waals surface area contributed by atoms with E-state index < -0.39 is 24.1 Å². The van der Waals surface area contributed by atoms with Crippen molar-refractivity contribution in [2.24, 2.45) is 0 Å². The molecular weight excluding hydrogens is 549 g/mol. The number of hydrogen-bond donors (Lipinski definition) is 1. The average Bonchev–Trinajstić information content (AvgIpc) is 3.08. The summed E-state index contributed by atoms with van der Waals surface area (Å²) in [5.41, 5.74) is 0.305. The van der Waals surface area contributed by atoms with Crippen molar-refractivity contribution in [3.05, 3.63) is 62.7 Å². The highest BCUT2D eigenvalue weighted by Crippen LogP contribution is 2.27. The first-order valence-electron chi connectivity index (χ1n) is 8.42. The second kappa shape index (κ2) is 9.03. The number of nitrogens with zero attached hydrogens (tertiary/aromatic N) is 5. The first kappa shape index (κ1) is 22.7. The lowest BCUT2D eigenvalue weighted by Gasteiger charge is -2.15. The van der Waals surface area contributed by atoms with Gasteiger partial charge < -0.3 is 10.1 Å². The van der Waals surface area contributed by atoms with Crippen molar-refractivity contribution in [1.82, 2.24) is 25.1 Å². The third-order valence-corrected chi connectivity index (χ3v) is 4.60. The Hall–Kier alpha value is -2.98. The van der Waals surface area contributed by atoms with E-state index >= 15 is 0 Å². The van der Waals surface area contributed by atoms with Crippen LogP contribution >= 0.6 is 31.9 Å². The molecule has 0 aliphatic carbocycles. The van der Waals surface area contributed by atoms with Crippen molar-refractivity contribution < 1.29 is 22.7 Å². The molecule has 1 atom stereocenters. The maximum Gasteiger partial charge on any atom is 0.573 e.